The van der Waals surface area contributed by atoms with Gasteiger partial charge in [0.2, 0.25) is 0 Å². The standard InChI is InChI=1S/C12H15Cl2NO/c1-8(7-15)2-5-12(16)9-3-4-10(13)11(14)6-9/h3-4,6,8H,2,5,7,15H2,1H3. The lowest BCUT2D eigenvalue weighted by atomic mass is 10.0. The van der Waals surface area contributed by atoms with Gasteiger partial charge in [-0.2, -0.15) is 0 Å². The monoisotopic (exact) mass is 259 g/mol. The van der Waals surface area contributed by atoms with E-state index >= 15 is 0 Å². The molecule has 0 aliphatic rings. The molecule has 1 rings (SSSR count). The number of carbonyl (C=O) groups is 1. The Morgan fingerprint density at radius 1 is 1.38 bits per heavy atom. The van der Waals surface area contributed by atoms with Crippen LogP contribution in [0.3, 0.4) is 0 Å². The van der Waals surface area contributed by atoms with E-state index in [9.17, 15) is 4.79 Å². The summed E-state index contributed by atoms with van der Waals surface area (Å²) in [5.41, 5.74) is 6.10. The Hall–Kier alpha value is -0.570. The molecular formula is C12H15Cl2NO. The van der Waals surface area contributed by atoms with E-state index in [-0.39, 0.29) is 5.78 Å². The average molecular weight is 260 g/mol. The Morgan fingerprint density at radius 3 is 2.62 bits per heavy atom. The number of ketones is 1. The Bertz CT molecular complexity index is 379. The minimum absolute atomic E-state index is 0.0823. The lowest BCUT2D eigenvalue weighted by molar-refractivity contribution is 0.0975. The number of hydrogen-bond acceptors (Lipinski definition) is 2. The van der Waals surface area contributed by atoms with Gasteiger partial charge in [0.1, 0.15) is 0 Å². The average Bonchev–Trinajstić information content (AvgIpc) is 2.29. The molecule has 1 unspecified atom stereocenters. The van der Waals surface area contributed by atoms with Gasteiger partial charge in [-0.1, -0.05) is 30.1 Å². The molecular weight excluding hydrogens is 245 g/mol. The van der Waals surface area contributed by atoms with Crippen molar-refractivity contribution in [3.05, 3.63) is 33.8 Å². The first-order valence-corrected chi connectivity index (χ1v) is 5.98. The molecule has 0 bridgehead atoms. The van der Waals surface area contributed by atoms with Crippen LogP contribution in [0.15, 0.2) is 18.2 Å². The fourth-order valence-electron chi connectivity index (χ4n) is 1.31. The van der Waals surface area contributed by atoms with Crippen LogP contribution in [-0.2, 0) is 0 Å². The van der Waals surface area contributed by atoms with E-state index in [1.54, 1.807) is 18.2 Å². The Morgan fingerprint density at radius 2 is 2.06 bits per heavy atom. The highest BCUT2D eigenvalue weighted by Crippen LogP contribution is 2.23. The molecule has 0 fully saturated rings. The summed E-state index contributed by atoms with van der Waals surface area (Å²) in [5.74, 6) is 0.450. The van der Waals surface area contributed by atoms with E-state index in [2.05, 4.69) is 0 Å². The third-order valence-corrected chi connectivity index (χ3v) is 3.25. The highest BCUT2D eigenvalue weighted by molar-refractivity contribution is 6.42. The SMILES string of the molecule is CC(CN)CCC(=O)c1ccc(Cl)c(Cl)c1. The van der Waals surface area contributed by atoms with E-state index < -0.39 is 0 Å². The van der Waals surface area contributed by atoms with Crippen LogP contribution >= 0.6 is 23.2 Å². The van der Waals surface area contributed by atoms with Crippen LogP contribution in [0, 0.1) is 5.92 Å². The van der Waals surface area contributed by atoms with Gasteiger partial charge in [-0.25, -0.2) is 0 Å². The molecule has 0 aliphatic carbocycles. The van der Waals surface area contributed by atoms with Gasteiger partial charge in [-0.05, 0) is 37.1 Å². The molecule has 2 nitrogen and oxygen atoms in total. The molecule has 0 radical (unpaired) electrons. The van der Waals surface area contributed by atoms with Gasteiger partial charge in [0.25, 0.3) is 0 Å². The zero-order valence-corrected chi connectivity index (χ0v) is 10.7. The molecule has 1 aromatic carbocycles. The molecule has 0 spiro atoms. The van der Waals surface area contributed by atoms with Crippen molar-refractivity contribution in [2.45, 2.75) is 19.8 Å². The quantitative estimate of drug-likeness (QED) is 0.822. The van der Waals surface area contributed by atoms with E-state index in [1.165, 1.54) is 0 Å². The van der Waals surface area contributed by atoms with Crippen LogP contribution in [0.1, 0.15) is 30.1 Å². The maximum Gasteiger partial charge on any atom is 0.162 e. The Kier molecular flexibility index (Phi) is 5.26. The van der Waals surface area contributed by atoms with Crippen molar-refractivity contribution in [1.29, 1.82) is 0 Å². The number of Topliss-reactive ketones (excluding diaryl/α,β-unsaturated/α-hetero) is 1. The summed E-state index contributed by atoms with van der Waals surface area (Å²) < 4.78 is 0. The number of rotatable bonds is 5. The molecule has 0 aromatic heterocycles. The van der Waals surface area contributed by atoms with Crippen molar-refractivity contribution >= 4 is 29.0 Å². The number of carbonyl (C=O) groups excluding carboxylic acids is 1. The van der Waals surface area contributed by atoms with Gasteiger partial charge in [0.15, 0.2) is 5.78 Å². The van der Waals surface area contributed by atoms with Crippen molar-refractivity contribution in [2.75, 3.05) is 6.54 Å². The Balaban J connectivity index is 2.63. The van der Waals surface area contributed by atoms with E-state index in [0.717, 1.165) is 6.42 Å². The fraction of sp³-hybridized carbons (Fsp3) is 0.417. The number of nitrogens with two attached hydrogens (primary N) is 1. The van der Waals surface area contributed by atoms with Crippen molar-refractivity contribution in [3.63, 3.8) is 0 Å². The molecule has 88 valence electrons. The molecule has 0 saturated heterocycles. The van der Waals surface area contributed by atoms with Crippen LogP contribution in [0.4, 0.5) is 0 Å². The maximum absolute atomic E-state index is 11.8. The predicted octanol–water partition coefficient (Wildman–Crippen LogP) is 3.55. The molecule has 2 N–H and O–H groups in total. The molecule has 1 atom stereocenters. The minimum Gasteiger partial charge on any atom is -0.330 e. The first kappa shape index (κ1) is 13.5. The second kappa shape index (κ2) is 6.24. The number of hydrogen-bond donors (Lipinski definition) is 1. The van der Waals surface area contributed by atoms with Crippen molar-refractivity contribution in [3.8, 4) is 0 Å². The van der Waals surface area contributed by atoms with Crippen LogP contribution < -0.4 is 5.73 Å². The van der Waals surface area contributed by atoms with Crippen molar-refractivity contribution in [1.82, 2.24) is 0 Å². The van der Waals surface area contributed by atoms with Gasteiger partial charge in [-0.3, -0.25) is 4.79 Å². The summed E-state index contributed by atoms with van der Waals surface area (Å²) >= 11 is 11.6. The summed E-state index contributed by atoms with van der Waals surface area (Å²) in [7, 11) is 0. The number of halogens is 2. The summed E-state index contributed by atoms with van der Waals surface area (Å²) in [6.45, 7) is 2.64. The van der Waals surface area contributed by atoms with Crippen LogP contribution in [0.5, 0.6) is 0 Å². The van der Waals surface area contributed by atoms with Gasteiger partial charge in [0.05, 0.1) is 10.0 Å². The summed E-state index contributed by atoms with van der Waals surface area (Å²) in [6.07, 6.45) is 1.30. The highest BCUT2D eigenvalue weighted by atomic mass is 35.5. The molecule has 16 heavy (non-hydrogen) atoms. The van der Waals surface area contributed by atoms with Crippen LogP contribution in [-0.4, -0.2) is 12.3 Å². The van der Waals surface area contributed by atoms with Gasteiger partial charge in [0, 0.05) is 12.0 Å². The topological polar surface area (TPSA) is 43.1 Å². The molecule has 4 heteroatoms. The van der Waals surface area contributed by atoms with Crippen molar-refractivity contribution < 1.29 is 4.79 Å². The molecule has 0 saturated carbocycles. The first-order valence-electron chi connectivity index (χ1n) is 5.23. The van der Waals surface area contributed by atoms with E-state index in [1.807, 2.05) is 6.92 Å². The largest absolute Gasteiger partial charge is 0.330 e. The van der Waals surface area contributed by atoms with Crippen LogP contribution in [0.25, 0.3) is 0 Å². The van der Waals surface area contributed by atoms with Gasteiger partial charge >= 0.3 is 0 Å². The second-order valence-electron chi connectivity index (χ2n) is 3.93. The van der Waals surface area contributed by atoms with E-state index in [4.69, 9.17) is 28.9 Å². The minimum atomic E-state index is 0.0823. The molecule has 1 aromatic rings. The fourth-order valence-corrected chi connectivity index (χ4v) is 1.61. The Labute approximate surface area is 106 Å². The van der Waals surface area contributed by atoms with Crippen molar-refractivity contribution in [2.24, 2.45) is 11.7 Å². The molecule has 0 aliphatic heterocycles. The summed E-state index contributed by atoms with van der Waals surface area (Å²) in [5, 5.41) is 0.882. The van der Waals surface area contributed by atoms with E-state index in [0.29, 0.717) is 34.5 Å². The third-order valence-electron chi connectivity index (χ3n) is 2.51. The summed E-state index contributed by atoms with van der Waals surface area (Å²) in [6, 6.07) is 4.95. The lowest BCUT2D eigenvalue weighted by Crippen LogP contribution is -2.12. The van der Waals surface area contributed by atoms with Gasteiger partial charge < -0.3 is 5.73 Å². The maximum atomic E-state index is 11.8. The van der Waals surface area contributed by atoms with Gasteiger partial charge in [-0.15, -0.1) is 0 Å². The number of benzene rings is 1. The smallest absolute Gasteiger partial charge is 0.162 e. The molecule has 0 amide bonds. The highest BCUT2D eigenvalue weighted by Gasteiger charge is 2.09. The van der Waals surface area contributed by atoms with Crippen LogP contribution in [0.2, 0.25) is 10.0 Å². The zero-order valence-electron chi connectivity index (χ0n) is 9.17. The molecule has 0 heterocycles. The predicted molar refractivity (Wildman–Crippen MR) is 68.2 cm³/mol. The first-order chi connectivity index (χ1) is 7.54. The second-order valence-corrected chi connectivity index (χ2v) is 4.75. The third kappa shape index (κ3) is 3.78. The zero-order chi connectivity index (χ0) is 12.1. The normalized spacial score (nSPS) is 12.5. The summed E-state index contributed by atoms with van der Waals surface area (Å²) in [4.78, 5) is 11.8. The lowest BCUT2D eigenvalue weighted by Gasteiger charge is -2.07.